The lowest BCUT2D eigenvalue weighted by atomic mass is 10.2. The van der Waals surface area contributed by atoms with Crippen molar-refractivity contribution in [2.45, 2.75) is 0 Å². The second-order valence-corrected chi connectivity index (χ2v) is 2.89. The van der Waals surface area contributed by atoms with Crippen molar-refractivity contribution in [3.8, 4) is 11.5 Å². The third-order valence-electron chi connectivity index (χ3n) is 2.03. The van der Waals surface area contributed by atoms with Gasteiger partial charge in [0.25, 0.3) is 5.91 Å². The van der Waals surface area contributed by atoms with Crippen LogP contribution in [0.25, 0.3) is 0 Å². The van der Waals surface area contributed by atoms with Crippen LogP contribution in [0.4, 0.5) is 5.69 Å². The Morgan fingerprint density at radius 2 is 2.31 bits per heavy atom. The fourth-order valence-corrected chi connectivity index (χ4v) is 1.26. The second kappa shape index (κ2) is 2.65. The minimum Gasteiger partial charge on any atom is -0.508 e. The normalized spacial score (nSPS) is 15.2. The number of benzene rings is 1. The number of fused-ring (bicyclic) bond motifs is 1. The van der Waals surface area contributed by atoms with Crippen molar-refractivity contribution < 1.29 is 14.6 Å². The van der Waals surface area contributed by atoms with Gasteiger partial charge in [-0.1, -0.05) is 0 Å². The Hall–Kier alpha value is -1.71. The van der Waals surface area contributed by atoms with Gasteiger partial charge in [-0.15, -0.1) is 0 Å². The Balaban J connectivity index is 2.51. The first kappa shape index (κ1) is 7.91. The van der Waals surface area contributed by atoms with Gasteiger partial charge in [-0.3, -0.25) is 4.79 Å². The molecule has 4 heteroatoms. The third-order valence-corrected chi connectivity index (χ3v) is 2.03. The Morgan fingerprint density at radius 3 is 3.08 bits per heavy atom. The Morgan fingerprint density at radius 1 is 1.54 bits per heavy atom. The van der Waals surface area contributed by atoms with Crippen LogP contribution in [0.3, 0.4) is 0 Å². The summed E-state index contributed by atoms with van der Waals surface area (Å²) in [6.07, 6.45) is 0. The van der Waals surface area contributed by atoms with Crippen molar-refractivity contribution in [2.75, 3.05) is 18.6 Å². The average molecular weight is 179 g/mol. The highest BCUT2D eigenvalue weighted by atomic mass is 16.5. The zero-order valence-corrected chi connectivity index (χ0v) is 7.15. The molecule has 0 saturated heterocycles. The number of nitrogens with zero attached hydrogens (tertiary/aromatic N) is 1. The summed E-state index contributed by atoms with van der Waals surface area (Å²) >= 11 is 0. The molecule has 0 aliphatic carbocycles. The summed E-state index contributed by atoms with van der Waals surface area (Å²) in [6.45, 7) is 0.0638. The molecule has 1 aliphatic heterocycles. The van der Waals surface area contributed by atoms with Crippen LogP contribution in [0.5, 0.6) is 11.5 Å². The molecule has 2 rings (SSSR count). The Kier molecular flexibility index (Phi) is 1.62. The summed E-state index contributed by atoms with van der Waals surface area (Å²) in [7, 11) is 1.66. The quantitative estimate of drug-likeness (QED) is 0.639. The van der Waals surface area contributed by atoms with Crippen molar-refractivity contribution in [3.05, 3.63) is 18.2 Å². The number of likely N-dealkylation sites (N-methyl/N-ethyl adjacent to an activating group) is 1. The number of carbonyl (C=O) groups is 1. The molecular formula is C9H9NO3. The first-order valence-corrected chi connectivity index (χ1v) is 3.91. The highest BCUT2D eigenvalue weighted by Gasteiger charge is 2.21. The maximum Gasteiger partial charge on any atom is 0.264 e. The Bertz CT molecular complexity index is 362. The highest BCUT2D eigenvalue weighted by molar-refractivity contribution is 5.97. The van der Waals surface area contributed by atoms with Crippen LogP contribution in [-0.4, -0.2) is 24.7 Å². The topological polar surface area (TPSA) is 49.8 Å². The van der Waals surface area contributed by atoms with Gasteiger partial charge >= 0.3 is 0 Å². The molecule has 0 atom stereocenters. The molecule has 1 heterocycles. The average Bonchev–Trinajstić information content (AvgIpc) is 2.12. The molecule has 1 aliphatic rings. The number of ether oxygens (including phenoxy) is 1. The summed E-state index contributed by atoms with van der Waals surface area (Å²) in [5.41, 5.74) is 0.608. The van der Waals surface area contributed by atoms with Crippen LogP contribution in [0.1, 0.15) is 0 Å². The van der Waals surface area contributed by atoms with Gasteiger partial charge in [0.15, 0.2) is 6.61 Å². The van der Waals surface area contributed by atoms with Crippen molar-refractivity contribution in [1.82, 2.24) is 0 Å². The second-order valence-electron chi connectivity index (χ2n) is 2.89. The van der Waals surface area contributed by atoms with Gasteiger partial charge in [0.2, 0.25) is 0 Å². The molecule has 4 nitrogen and oxygen atoms in total. The zero-order valence-electron chi connectivity index (χ0n) is 7.15. The van der Waals surface area contributed by atoms with Crippen molar-refractivity contribution in [2.24, 2.45) is 0 Å². The van der Waals surface area contributed by atoms with E-state index in [1.807, 2.05) is 0 Å². The van der Waals surface area contributed by atoms with E-state index in [1.54, 1.807) is 13.1 Å². The summed E-state index contributed by atoms with van der Waals surface area (Å²) in [5.74, 6) is 0.641. The maximum atomic E-state index is 11.2. The molecule has 0 bridgehead atoms. The summed E-state index contributed by atoms with van der Waals surface area (Å²) in [5, 5.41) is 9.20. The Labute approximate surface area is 75.3 Å². The standard InChI is InChI=1S/C9H9NO3/c1-10-7-4-6(11)2-3-8(7)13-5-9(10)12/h2-4,11H,5H2,1H3. The SMILES string of the molecule is CN1C(=O)COc2ccc(O)cc21. The number of anilines is 1. The molecule has 1 aromatic rings. The molecule has 0 unspecified atom stereocenters. The lowest BCUT2D eigenvalue weighted by Gasteiger charge is -2.25. The van der Waals surface area contributed by atoms with E-state index in [0.717, 1.165) is 0 Å². The molecule has 1 aromatic carbocycles. The monoisotopic (exact) mass is 179 g/mol. The van der Waals surface area contributed by atoms with Crippen LogP contribution >= 0.6 is 0 Å². The fraction of sp³-hybridized carbons (Fsp3) is 0.222. The van der Waals surface area contributed by atoms with E-state index in [2.05, 4.69) is 0 Å². The molecule has 1 N–H and O–H groups in total. The van der Waals surface area contributed by atoms with Crippen molar-refractivity contribution in [1.29, 1.82) is 0 Å². The predicted molar refractivity (Wildman–Crippen MR) is 47.0 cm³/mol. The van der Waals surface area contributed by atoms with E-state index < -0.39 is 0 Å². The number of amides is 1. The minimum atomic E-state index is -0.113. The number of hydrogen-bond acceptors (Lipinski definition) is 3. The highest BCUT2D eigenvalue weighted by Crippen LogP contribution is 2.33. The largest absolute Gasteiger partial charge is 0.508 e. The van der Waals surface area contributed by atoms with Gasteiger partial charge < -0.3 is 14.7 Å². The molecule has 0 spiro atoms. The van der Waals surface area contributed by atoms with E-state index in [9.17, 15) is 9.90 Å². The molecule has 1 amide bonds. The molecule has 0 aromatic heterocycles. The minimum absolute atomic E-state index is 0.0638. The van der Waals surface area contributed by atoms with E-state index in [-0.39, 0.29) is 18.3 Å². The number of phenolic OH excluding ortho intramolecular Hbond substituents is 1. The van der Waals surface area contributed by atoms with Gasteiger partial charge in [0.05, 0.1) is 5.69 Å². The zero-order chi connectivity index (χ0) is 9.42. The molecule has 68 valence electrons. The summed E-state index contributed by atoms with van der Waals surface area (Å²) < 4.78 is 5.16. The number of phenols is 1. The number of carbonyl (C=O) groups excluding carboxylic acids is 1. The lowest BCUT2D eigenvalue weighted by Crippen LogP contribution is -2.35. The van der Waals surface area contributed by atoms with Gasteiger partial charge in [-0.25, -0.2) is 0 Å². The van der Waals surface area contributed by atoms with Crippen LogP contribution in [0.2, 0.25) is 0 Å². The number of aromatic hydroxyl groups is 1. The summed E-state index contributed by atoms with van der Waals surface area (Å²) in [4.78, 5) is 12.7. The molecule has 0 radical (unpaired) electrons. The van der Waals surface area contributed by atoms with Gasteiger partial charge in [0.1, 0.15) is 11.5 Å². The fourth-order valence-electron chi connectivity index (χ4n) is 1.26. The maximum absolute atomic E-state index is 11.2. The van der Waals surface area contributed by atoms with Crippen LogP contribution in [0, 0.1) is 0 Å². The van der Waals surface area contributed by atoms with E-state index in [4.69, 9.17) is 4.74 Å². The van der Waals surface area contributed by atoms with E-state index in [0.29, 0.717) is 11.4 Å². The lowest BCUT2D eigenvalue weighted by molar-refractivity contribution is -0.120. The predicted octanol–water partition coefficient (Wildman–Crippen LogP) is 0.747. The number of hydrogen-bond donors (Lipinski definition) is 1. The number of rotatable bonds is 0. The molecule has 13 heavy (non-hydrogen) atoms. The van der Waals surface area contributed by atoms with Crippen molar-refractivity contribution >= 4 is 11.6 Å². The first-order valence-electron chi connectivity index (χ1n) is 3.91. The van der Waals surface area contributed by atoms with Gasteiger partial charge in [-0.2, -0.15) is 0 Å². The van der Waals surface area contributed by atoms with Crippen molar-refractivity contribution in [3.63, 3.8) is 0 Å². The van der Waals surface area contributed by atoms with E-state index in [1.165, 1.54) is 17.0 Å². The summed E-state index contributed by atoms with van der Waals surface area (Å²) in [6, 6.07) is 4.68. The van der Waals surface area contributed by atoms with Gasteiger partial charge in [-0.05, 0) is 12.1 Å². The van der Waals surface area contributed by atoms with Crippen LogP contribution in [-0.2, 0) is 4.79 Å². The third kappa shape index (κ3) is 1.20. The molecule has 0 fully saturated rings. The van der Waals surface area contributed by atoms with E-state index >= 15 is 0 Å². The molecular weight excluding hydrogens is 170 g/mol. The van der Waals surface area contributed by atoms with Gasteiger partial charge in [0, 0.05) is 13.1 Å². The van der Waals surface area contributed by atoms with Crippen LogP contribution in [0.15, 0.2) is 18.2 Å². The first-order chi connectivity index (χ1) is 6.18. The van der Waals surface area contributed by atoms with Crippen LogP contribution < -0.4 is 9.64 Å². The molecule has 0 saturated carbocycles. The smallest absolute Gasteiger partial charge is 0.264 e.